The Morgan fingerprint density at radius 3 is 2.45 bits per heavy atom. The predicted molar refractivity (Wildman–Crippen MR) is 158 cm³/mol. The number of amides is 3. The first kappa shape index (κ1) is 28.9. The van der Waals surface area contributed by atoms with E-state index in [1.807, 2.05) is 42.2 Å². The Labute approximate surface area is 242 Å². The van der Waals surface area contributed by atoms with Gasteiger partial charge in [-0.05, 0) is 38.2 Å². The molecule has 3 heterocycles. The van der Waals surface area contributed by atoms with Gasteiger partial charge in [-0.2, -0.15) is 0 Å². The maximum atomic E-state index is 14.6. The minimum atomic E-state index is -0.691. The van der Waals surface area contributed by atoms with Crippen molar-refractivity contribution in [3.8, 4) is 0 Å². The molecule has 3 saturated heterocycles. The molecule has 1 N–H and O–H groups in total. The van der Waals surface area contributed by atoms with Crippen LogP contribution in [-0.4, -0.2) is 85.3 Å². The van der Waals surface area contributed by atoms with Crippen molar-refractivity contribution in [2.45, 2.75) is 86.5 Å². The average Bonchev–Trinajstić information content (AvgIpc) is 3.63. The summed E-state index contributed by atoms with van der Waals surface area (Å²) in [6.45, 7) is 10.7. The van der Waals surface area contributed by atoms with Crippen LogP contribution in [0.1, 0.15) is 57.4 Å². The number of aliphatic hydroxyl groups excluding tert-OH is 1. The Morgan fingerprint density at radius 2 is 1.80 bits per heavy atom. The fourth-order valence-corrected chi connectivity index (χ4v) is 9.92. The van der Waals surface area contributed by atoms with Crippen LogP contribution in [0.15, 0.2) is 55.6 Å². The minimum Gasteiger partial charge on any atom is -0.394 e. The molecule has 1 aromatic rings. The topological polar surface area (TPSA) is 81.2 Å². The average molecular weight is 566 g/mol. The lowest BCUT2D eigenvalue weighted by atomic mass is 9.70. The predicted octanol–water partition coefficient (Wildman–Crippen LogP) is 4.02. The molecule has 216 valence electrons. The molecule has 6 atom stereocenters. The van der Waals surface area contributed by atoms with Gasteiger partial charge in [0.2, 0.25) is 17.7 Å². The summed E-state index contributed by atoms with van der Waals surface area (Å²) in [6, 6.07) is 8.80. The van der Waals surface area contributed by atoms with Gasteiger partial charge in [0.1, 0.15) is 6.04 Å². The molecular formula is C32H43N3O4S. The van der Waals surface area contributed by atoms with Crippen molar-refractivity contribution in [1.82, 2.24) is 14.7 Å². The maximum absolute atomic E-state index is 14.6. The first-order chi connectivity index (χ1) is 19.4. The zero-order valence-corrected chi connectivity index (χ0v) is 24.4. The zero-order chi connectivity index (χ0) is 28.4. The SMILES string of the molecule is C=CCN(Cc1ccccc1)C(=O)[C@@H]1[C@@H]2CCC3(S2)C(C(=O)N(CC=C)C2CCCCC2)N([C@H](C)CO)C(=O)[C@H]13. The second-order valence-corrected chi connectivity index (χ2v) is 13.5. The third kappa shape index (κ3) is 4.91. The van der Waals surface area contributed by atoms with Crippen LogP contribution >= 0.6 is 11.8 Å². The number of carbonyl (C=O) groups is 3. The van der Waals surface area contributed by atoms with E-state index in [1.54, 1.807) is 33.7 Å². The molecule has 5 rings (SSSR count). The van der Waals surface area contributed by atoms with Crippen LogP contribution in [0.25, 0.3) is 0 Å². The Bertz CT molecular complexity index is 1120. The smallest absolute Gasteiger partial charge is 0.247 e. The maximum Gasteiger partial charge on any atom is 0.247 e. The number of hydrogen-bond donors (Lipinski definition) is 1. The lowest BCUT2D eigenvalue weighted by Crippen LogP contribution is -2.59. The Kier molecular flexibility index (Phi) is 8.76. The van der Waals surface area contributed by atoms with Crippen molar-refractivity contribution in [2.24, 2.45) is 11.8 Å². The number of thioether (sulfide) groups is 1. The van der Waals surface area contributed by atoms with Crippen LogP contribution in [-0.2, 0) is 20.9 Å². The lowest BCUT2D eigenvalue weighted by molar-refractivity contribution is -0.147. The molecule has 4 fully saturated rings. The number of likely N-dealkylation sites (tertiary alicyclic amines) is 1. The highest BCUT2D eigenvalue weighted by Gasteiger charge is 2.74. The number of aliphatic hydroxyl groups is 1. The van der Waals surface area contributed by atoms with Gasteiger partial charge in [-0.1, -0.05) is 61.7 Å². The van der Waals surface area contributed by atoms with E-state index in [0.717, 1.165) is 44.1 Å². The van der Waals surface area contributed by atoms with E-state index in [0.29, 0.717) is 19.6 Å². The van der Waals surface area contributed by atoms with Gasteiger partial charge < -0.3 is 19.8 Å². The molecule has 40 heavy (non-hydrogen) atoms. The molecule has 3 amide bonds. The van der Waals surface area contributed by atoms with Crippen molar-refractivity contribution < 1.29 is 19.5 Å². The summed E-state index contributed by atoms with van der Waals surface area (Å²) >= 11 is 1.69. The van der Waals surface area contributed by atoms with Gasteiger partial charge >= 0.3 is 0 Å². The van der Waals surface area contributed by atoms with Gasteiger partial charge in [-0.3, -0.25) is 14.4 Å². The van der Waals surface area contributed by atoms with Gasteiger partial charge in [0.25, 0.3) is 0 Å². The molecule has 2 bridgehead atoms. The quantitative estimate of drug-likeness (QED) is 0.410. The summed E-state index contributed by atoms with van der Waals surface area (Å²) in [5.41, 5.74) is 1.03. The highest BCUT2D eigenvalue weighted by Crippen LogP contribution is 2.67. The third-order valence-electron chi connectivity index (χ3n) is 9.50. The number of nitrogens with zero attached hydrogens (tertiary/aromatic N) is 3. The molecule has 2 unspecified atom stereocenters. The van der Waals surface area contributed by atoms with E-state index in [2.05, 4.69) is 13.2 Å². The molecule has 7 nitrogen and oxygen atoms in total. The van der Waals surface area contributed by atoms with E-state index in [-0.39, 0.29) is 35.6 Å². The summed E-state index contributed by atoms with van der Waals surface area (Å²) < 4.78 is -0.663. The zero-order valence-electron chi connectivity index (χ0n) is 23.6. The summed E-state index contributed by atoms with van der Waals surface area (Å²) in [7, 11) is 0. The molecule has 8 heteroatoms. The monoisotopic (exact) mass is 565 g/mol. The molecule has 4 aliphatic rings. The Balaban J connectivity index is 1.50. The molecule has 0 radical (unpaired) electrons. The minimum absolute atomic E-state index is 0.00560. The number of fused-ring (bicyclic) bond motifs is 1. The van der Waals surface area contributed by atoms with Crippen molar-refractivity contribution >= 4 is 29.5 Å². The van der Waals surface area contributed by atoms with E-state index in [9.17, 15) is 19.5 Å². The molecule has 1 aliphatic carbocycles. The van der Waals surface area contributed by atoms with Crippen molar-refractivity contribution in [2.75, 3.05) is 19.7 Å². The number of rotatable bonds is 11. The second-order valence-electron chi connectivity index (χ2n) is 11.9. The molecule has 1 saturated carbocycles. The molecule has 3 aliphatic heterocycles. The van der Waals surface area contributed by atoms with Gasteiger partial charge in [0.05, 0.1) is 29.2 Å². The van der Waals surface area contributed by atoms with E-state index in [4.69, 9.17) is 0 Å². The fraction of sp³-hybridized carbons (Fsp3) is 0.594. The fourth-order valence-electron chi connectivity index (χ4n) is 7.72. The lowest BCUT2D eigenvalue weighted by Gasteiger charge is -2.42. The second kappa shape index (κ2) is 12.1. The Hall–Kier alpha value is -2.58. The van der Waals surface area contributed by atoms with E-state index in [1.165, 1.54) is 6.42 Å². The summed E-state index contributed by atoms with van der Waals surface area (Å²) in [5.74, 6) is -1.32. The van der Waals surface area contributed by atoms with Crippen molar-refractivity contribution in [1.29, 1.82) is 0 Å². The standard InChI is InChI=1S/C32H43N3O4S/c1-4-18-33(20-23-12-8-6-9-13-23)29(37)26-25-16-17-32(40-25)27(26)30(38)35(22(3)21-36)28(32)31(39)34(19-5-2)24-14-10-7-11-15-24/h4-6,8-9,12-13,22,24-28,36H,1-2,7,10-11,14-21H2,3H3/t22-,25+,26-,27+,28?,32?/m1/s1. The van der Waals surface area contributed by atoms with Gasteiger partial charge in [0, 0.05) is 30.9 Å². The summed E-state index contributed by atoms with van der Waals surface area (Å²) in [4.78, 5) is 48.5. The largest absolute Gasteiger partial charge is 0.394 e. The van der Waals surface area contributed by atoms with E-state index >= 15 is 0 Å². The van der Waals surface area contributed by atoms with Crippen molar-refractivity contribution in [3.05, 3.63) is 61.2 Å². The van der Waals surface area contributed by atoms with Gasteiger partial charge in [0.15, 0.2) is 0 Å². The van der Waals surface area contributed by atoms with E-state index < -0.39 is 28.7 Å². The summed E-state index contributed by atoms with van der Waals surface area (Å²) in [5, 5.41) is 10.2. The molecule has 0 aromatic heterocycles. The van der Waals surface area contributed by atoms with Gasteiger partial charge in [-0.15, -0.1) is 24.9 Å². The first-order valence-electron chi connectivity index (χ1n) is 14.8. The Morgan fingerprint density at radius 1 is 1.10 bits per heavy atom. The molecule has 1 aromatic carbocycles. The van der Waals surface area contributed by atoms with Crippen LogP contribution in [0.3, 0.4) is 0 Å². The van der Waals surface area contributed by atoms with Crippen LogP contribution in [0.5, 0.6) is 0 Å². The van der Waals surface area contributed by atoms with Crippen LogP contribution in [0, 0.1) is 11.8 Å². The van der Waals surface area contributed by atoms with Crippen LogP contribution in [0.2, 0.25) is 0 Å². The molecule has 1 spiro atoms. The van der Waals surface area contributed by atoms with Crippen LogP contribution < -0.4 is 0 Å². The normalized spacial score (nSPS) is 30.1. The first-order valence-corrected chi connectivity index (χ1v) is 15.7. The third-order valence-corrected chi connectivity index (χ3v) is 11.4. The summed E-state index contributed by atoms with van der Waals surface area (Å²) in [6.07, 6.45) is 10.3. The van der Waals surface area contributed by atoms with Gasteiger partial charge in [-0.25, -0.2) is 0 Å². The highest BCUT2D eigenvalue weighted by atomic mass is 32.2. The van der Waals surface area contributed by atoms with Crippen LogP contribution in [0.4, 0.5) is 0 Å². The number of hydrogen-bond acceptors (Lipinski definition) is 5. The number of benzene rings is 1. The highest BCUT2D eigenvalue weighted by molar-refractivity contribution is 8.02. The number of carbonyl (C=O) groups excluding carboxylic acids is 3. The molecular weight excluding hydrogens is 522 g/mol. The van der Waals surface area contributed by atoms with Crippen molar-refractivity contribution in [3.63, 3.8) is 0 Å².